The van der Waals surface area contributed by atoms with Crippen LogP contribution < -0.4 is 20.7 Å². The molecule has 0 radical (unpaired) electrons. The van der Waals surface area contributed by atoms with Gasteiger partial charge in [-0.1, -0.05) is 86.8 Å². The molecule has 2 aliphatic rings. The molecule has 324 valence electrons. The van der Waals surface area contributed by atoms with Crippen LogP contribution in [0.3, 0.4) is 0 Å². The molecular weight excluding hydrogens is 781 g/mol. The molecule has 0 unspecified atom stereocenters. The number of nitrogens with zero attached hydrogens (tertiary/aromatic N) is 2. The number of aryl methyl sites for hydroxylation is 1. The number of hydrogen-bond donors (Lipinski definition) is 0. The van der Waals surface area contributed by atoms with Gasteiger partial charge in [0.25, 0.3) is 0 Å². The van der Waals surface area contributed by atoms with Crippen LogP contribution in [-0.2, 0) is 25.0 Å². The molecule has 0 aliphatic carbocycles. The predicted molar refractivity (Wildman–Crippen MR) is 260 cm³/mol. The fraction of sp³-hybridized carbons (Fsp3) is 0.333. The summed E-state index contributed by atoms with van der Waals surface area (Å²) in [5.41, 5.74) is 9.71. The van der Waals surface area contributed by atoms with Gasteiger partial charge in [0, 0.05) is 34.1 Å². The molecule has 8 rings (SSSR count). The van der Waals surface area contributed by atoms with Crippen molar-refractivity contribution in [1.82, 2.24) is 0 Å². The Bertz CT molecular complexity index is 2340. The van der Waals surface area contributed by atoms with Crippen molar-refractivity contribution >= 4 is 59.3 Å². The molecule has 0 spiro atoms. The van der Waals surface area contributed by atoms with Gasteiger partial charge in [-0.3, -0.25) is 0 Å². The molecule has 2 heterocycles. The zero-order chi connectivity index (χ0) is 44.6. The standard InChI is InChI=1S/C54H61B2FN2O4/c1-10-11-12-13-14-39-15-27-45(28-16-39)58(50-37-25-44(57)26-38-50)46-29-17-40(18-30-46)41-19-31-47(32-20-41)59(48-33-21-42(22-34-48)55-60-51(2,3)52(4,5)61-55)49-35-23-43(24-36-49)56-62-53(6,7)54(8,9)63-56/h15-38H,10-14H2,1-9H3. The molecule has 6 aromatic rings. The van der Waals surface area contributed by atoms with Crippen molar-refractivity contribution in [2.75, 3.05) is 9.80 Å². The normalized spacial score (nSPS) is 17.2. The summed E-state index contributed by atoms with van der Waals surface area (Å²) in [7, 11) is -0.897. The molecule has 0 bridgehead atoms. The monoisotopic (exact) mass is 842 g/mol. The van der Waals surface area contributed by atoms with Gasteiger partial charge in [-0.05, 0) is 181 Å². The molecule has 6 nitrogen and oxygen atoms in total. The van der Waals surface area contributed by atoms with E-state index in [9.17, 15) is 4.39 Å². The fourth-order valence-electron chi connectivity index (χ4n) is 8.18. The highest BCUT2D eigenvalue weighted by atomic mass is 19.1. The first kappa shape index (κ1) is 44.4. The molecule has 6 aromatic carbocycles. The topological polar surface area (TPSA) is 43.4 Å². The first-order valence-corrected chi connectivity index (χ1v) is 22.6. The minimum Gasteiger partial charge on any atom is -0.399 e. The molecule has 0 aromatic heterocycles. The third kappa shape index (κ3) is 9.39. The van der Waals surface area contributed by atoms with Crippen molar-refractivity contribution in [2.45, 2.75) is 117 Å². The van der Waals surface area contributed by atoms with Crippen LogP contribution in [0.4, 0.5) is 38.5 Å². The Morgan fingerprint density at radius 3 is 1.03 bits per heavy atom. The highest BCUT2D eigenvalue weighted by Crippen LogP contribution is 2.41. The fourth-order valence-corrected chi connectivity index (χ4v) is 8.18. The quantitative estimate of drug-likeness (QED) is 0.0804. The smallest absolute Gasteiger partial charge is 0.399 e. The SMILES string of the molecule is CCCCCCc1ccc(N(c2ccc(F)cc2)c2ccc(-c3ccc(N(c4ccc(B5OC(C)(C)C(C)(C)O5)cc4)c4ccc(B5OC(C)(C)C(C)(C)O5)cc4)cc3)cc2)cc1. The first-order valence-electron chi connectivity index (χ1n) is 22.6. The Labute approximate surface area is 375 Å². The van der Waals surface area contributed by atoms with E-state index < -0.39 is 36.6 Å². The van der Waals surface area contributed by atoms with Crippen LogP contribution in [0.2, 0.25) is 0 Å². The van der Waals surface area contributed by atoms with Gasteiger partial charge in [-0.2, -0.15) is 0 Å². The van der Waals surface area contributed by atoms with E-state index in [0.29, 0.717) is 0 Å². The second-order valence-corrected chi connectivity index (χ2v) is 19.1. The largest absolute Gasteiger partial charge is 0.494 e. The predicted octanol–water partition coefficient (Wildman–Crippen LogP) is 13.2. The number of halogens is 1. The summed E-state index contributed by atoms with van der Waals surface area (Å²) in [5.74, 6) is -0.254. The van der Waals surface area contributed by atoms with Gasteiger partial charge in [0.2, 0.25) is 0 Å². The summed E-state index contributed by atoms with van der Waals surface area (Å²) in [6.07, 6.45) is 6.03. The number of unbranched alkanes of at least 4 members (excludes halogenated alkanes) is 3. The van der Waals surface area contributed by atoms with E-state index in [0.717, 1.165) is 62.6 Å². The maximum Gasteiger partial charge on any atom is 0.494 e. The molecule has 2 fully saturated rings. The highest BCUT2D eigenvalue weighted by Gasteiger charge is 2.52. The zero-order valence-electron chi connectivity index (χ0n) is 38.5. The number of hydrogen-bond acceptors (Lipinski definition) is 6. The second-order valence-electron chi connectivity index (χ2n) is 19.1. The molecular formula is C54H61B2FN2O4. The van der Waals surface area contributed by atoms with Crippen molar-refractivity contribution in [3.8, 4) is 11.1 Å². The Morgan fingerprint density at radius 1 is 0.397 bits per heavy atom. The molecule has 2 saturated heterocycles. The van der Waals surface area contributed by atoms with Gasteiger partial charge in [0.15, 0.2) is 0 Å². The van der Waals surface area contributed by atoms with E-state index in [2.05, 4.69) is 193 Å². The molecule has 0 atom stereocenters. The van der Waals surface area contributed by atoms with Crippen molar-refractivity contribution < 1.29 is 23.0 Å². The Kier molecular flexibility index (Phi) is 12.5. The number of anilines is 6. The minimum absolute atomic E-state index is 0.254. The van der Waals surface area contributed by atoms with Crippen LogP contribution in [0, 0.1) is 5.82 Å². The summed E-state index contributed by atoms with van der Waals surface area (Å²) >= 11 is 0. The highest BCUT2D eigenvalue weighted by molar-refractivity contribution is 6.62. The van der Waals surface area contributed by atoms with Gasteiger partial charge < -0.3 is 28.4 Å². The van der Waals surface area contributed by atoms with Crippen LogP contribution >= 0.6 is 0 Å². The van der Waals surface area contributed by atoms with E-state index in [4.69, 9.17) is 18.6 Å². The van der Waals surface area contributed by atoms with Crippen molar-refractivity contribution in [3.05, 3.63) is 157 Å². The van der Waals surface area contributed by atoms with E-state index in [1.165, 1.54) is 43.4 Å². The van der Waals surface area contributed by atoms with E-state index in [-0.39, 0.29) is 5.82 Å². The summed E-state index contributed by atoms with van der Waals surface area (Å²) in [4.78, 5) is 4.44. The third-order valence-electron chi connectivity index (χ3n) is 13.5. The molecule has 0 N–H and O–H groups in total. The lowest BCUT2D eigenvalue weighted by Crippen LogP contribution is -2.41. The van der Waals surface area contributed by atoms with Gasteiger partial charge in [-0.15, -0.1) is 0 Å². The maximum atomic E-state index is 14.1. The minimum atomic E-state index is -0.448. The van der Waals surface area contributed by atoms with E-state index >= 15 is 0 Å². The maximum absolute atomic E-state index is 14.1. The molecule has 9 heteroatoms. The van der Waals surface area contributed by atoms with Gasteiger partial charge in [0.1, 0.15) is 5.82 Å². The summed E-state index contributed by atoms with van der Waals surface area (Å²) in [5, 5.41) is 0. The Hall–Kier alpha value is -5.18. The van der Waals surface area contributed by atoms with Crippen molar-refractivity contribution in [3.63, 3.8) is 0 Å². The lowest BCUT2D eigenvalue weighted by atomic mass is 9.79. The van der Waals surface area contributed by atoms with Gasteiger partial charge in [-0.25, -0.2) is 4.39 Å². The van der Waals surface area contributed by atoms with Gasteiger partial charge in [0.05, 0.1) is 22.4 Å². The van der Waals surface area contributed by atoms with E-state index in [1.807, 2.05) is 12.1 Å². The number of benzene rings is 6. The Morgan fingerprint density at radius 2 is 0.698 bits per heavy atom. The Balaban J connectivity index is 1.07. The lowest BCUT2D eigenvalue weighted by molar-refractivity contribution is 0.00578. The van der Waals surface area contributed by atoms with Crippen LogP contribution in [-0.4, -0.2) is 36.6 Å². The zero-order valence-corrected chi connectivity index (χ0v) is 38.5. The molecule has 63 heavy (non-hydrogen) atoms. The first-order chi connectivity index (χ1) is 30.0. The third-order valence-corrected chi connectivity index (χ3v) is 13.5. The molecule has 0 saturated carbocycles. The van der Waals surface area contributed by atoms with E-state index in [1.54, 1.807) is 0 Å². The molecule has 2 aliphatic heterocycles. The summed E-state index contributed by atoms with van der Waals surface area (Å²) in [6.45, 7) is 18.8. The van der Waals surface area contributed by atoms with Gasteiger partial charge >= 0.3 is 14.2 Å². The van der Waals surface area contributed by atoms with Crippen LogP contribution in [0.25, 0.3) is 11.1 Å². The molecule has 0 amide bonds. The lowest BCUT2D eigenvalue weighted by Gasteiger charge is -2.32. The second kappa shape index (κ2) is 17.8. The van der Waals surface area contributed by atoms with Crippen molar-refractivity contribution in [1.29, 1.82) is 0 Å². The van der Waals surface area contributed by atoms with Crippen LogP contribution in [0.1, 0.15) is 93.6 Å². The summed E-state index contributed by atoms with van der Waals surface area (Å²) in [6, 6.07) is 49.7. The number of rotatable bonds is 14. The van der Waals surface area contributed by atoms with Crippen molar-refractivity contribution in [2.24, 2.45) is 0 Å². The van der Waals surface area contributed by atoms with Crippen LogP contribution in [0.5, 0.6) is 0 Å². The average Bonchev–Trinajstić information content (AvgIpc) is 3.63. The van der Waals surface area contributed by atoms with Crippen LogP contribution in [0.15, 0.2) is 146 Å². The average molecular weight is 843 g/mol. The summed E-state index contributed by atoms with van der Waals surface area (Å²) < 4.78 is 39.6.